The Balaban J connectivity index is 2.04. The van der Waals surface area contributed by atoms with E-state index in [4.69, 9.17) is 21.1 Å². The number of Topliss-reactive ketones (excluding diaryl/α,β-unsaturated/α-hetero) is 1. The van der Waals surface area contributed by atoms with Gasteiger partial charge in [0.1, 0.15) is 11.4 Å². The van der Waals surface area contributed by atoms with Gasteiger partial charge in [0.05, 0.1) is 12.8 Å². The molecule has 2 N–H and O–H groups in total. The molecule has 0 aliphatic heterocycles. The van der Waals surface area contributed by atoms with Crippen molar-refractivity contribution in [1.29, 1.82) is 0 Å². The average Bonchev–Trinajstić information content (AvgIpc) is 2.87. The van der Waals surface area contributed by atoms with Gasteiger partial charge in [-0.1, -0.05) is 11.6 Å². The first-order chi connectivity index (χ1) is 12.2. The predicted octanol–water partition coefficient (Wildman–Crippen LogP) is 3.29. The van der Waals surface area contributed by atoms with Crippen LogP contribution < -0.4 is 10.1 Å². The Labute approximate surface area is 155 Å². The standard InChI is InChI=1S/C18H19ClN2O5/c1-9-16(11(3)22)10(2)20-17(9)18(24)26-8-15(23)21-13-7-12(19)5-6-14(13)25-4/h5-7,20H,8H2,1-4H3,(H,21,23). The van der Waals surface area contributed by atoms with Gasteiger partial charge in [0.2, 0.25) is 0 Å². The number of aromatic nitrogens is 1. The molecule has 0 saturated carbocycles. The van der Waals surface area contributed by atoms with Gasteiger partial charge in [-0.15, -0.1) is 0 Å². The van der Waals surface area contributed by atoms with Gasteiger partial charge in [0, 0.05) is 16.3 Å². The van der Waals surface area contributed by atoms with Crippen LogP contribution in [0.15, 0.2) is 18.2 Å². The Hall–Kier alpha value is -2.80. The zero-order valence-corrected chi connectivity index (χ0v) is 15.6. The van der Waals surface area contributed by atoms with Crippen LogP contribution in [0, 0.1) is 13.8 Å². The first-order valence-electron chi connectivity index (χ1n) is 7.75. The lowest BCUT2D eigenvalue weighted by molar-refractivity contribution is -0.119. The number of carbonyl (C=O) groups is 3. The molecule has 0 bridgehead atoms. The molecule has 0 spiro atoms. The second kappa shape index (κ2) is 8.05. The van der Waals surface area contributed by atoms with E-state index >= 15 is 0 Å². The summed E-state index contributed by atoms with van der Waals surface area (Å²) in [5.74, 6) is -0.991. The summed E-state index contributed by atoms with van der Waals surface area (Å²) in [5, 5.41) is 2.99. The summed E-state index contributed by atoms with van der Waals surface area (Å²) in [5.41, 5.74) is 2.05. The maximum Gasteiger partial charge on any atom is 0.355 e. The van der Waals surface area contributed by atoms with Crippen LogP contribution in [-0.2, 0) is 9.53 Å². The van der Waals surface area contributed by atoms with Crippen molar-refractivity contribution in [3.05, 3.63) is 45.7 Å². The Kier molecular flexibility index (Phi) is 6.05. The predicted molar refractivity (Wildman–Crippen MR) is 97.2 cm³/mol. The van der Waals surface area contributed by atoms with E-state index in [1.54, 1.807) is 26.0 Å². The number of aryl methyl sites for hydroxylation is 1. The molecule has 1 amide bonds. The smallest absolute Gasteiger partial charge is 0.355 e. The highest BCUT2D eigenvalue weighted by atomic mass is 35.5. The number of aromatic amines is 1. The number of H-pyrrole nitrogens is 1. The van der Waals surface area contributed by atoms with Crippen molar-refractivity contribution >= 4 is 34.9 Å². The van der Waals surface area contributed by atoms with E-state index in [2.05, 4.69) is 10.3 Å². The van der Waals surface area contributed by atoms with Crippen molar-refractivity contribution in [1.82, 2.24) is 4.98 Å². The van der Waals surface area contributed by atoms with Crippen molar-refractivity contribution in [2.75, 3.05) is 19.0 Å². The fraction of sp³-hybridized carbons (Fsp3) is 0.278. The number of hydrogen-bond donors (Lipinski definition) is 2. The number of amides is 1. The van der Waals surface area contributed by atoms with Gasteiger partial charge in [0.25, 0.3) is 5.91 Å². The van der Waals surface area contributed by atoms with E-state index in [-0.39, 0.29) is 11.5 Å². The summed E-state index contributed by atoms with van der Waals surface area (Å²) in [6, 6.07) is 4.76. The molecule has 1 heterocycles. The Morgan fingerprint density at radius 3 is 2.50 bits per heavy atom. The summed E-state index contributed by atoms with van der Waals surface area (Å²) in [7, 11) is 1.46. The van der Waals surface area contributed by atoms with Gasteiger partial charge >= 0.3 is 5.97 Å². The van der Waals surface area contributed by atoms with Crippen LogP contribution in [-0.4, -0.2) is 36.4 Å². The number of methoxy groups -OCH3 is 1. The number of ether oxygens (including phenoxy) is 2. The summed E-state index contributed by atoms with van der Waals surface area (Å²) in [4.78, 5) is 38.7. The number of anilines is 1. The average molecular weight is 379 g/mol. The SMILES string of the molecule is COc1ccc(Cl)cc1NC(=O)COC(=O)c1[nH]c(C)c(C(C)=O)c1C. The van der Waals surface area contributed by atoms with Gasteiger partial charge in [-0.05, 0) is 44.5 Å². The van der Waals surface area contributed by atoms with Crippen molar-refractivity contribution in [3.63, 3.8) is 0 Å². The van der Waals surface area contributed by atoms with Crippen LogP contribution in [0.25, 0.3) is 0 Å². The lowest BCUT2D eigenvalue weighted by atomic mass is 10.1. The molecule has 0 saturated heterocycles. The van der Waals surface area contributed by atoms with E-state index < -0.39 is 18.5 Å². The van der Waals surface area contributed by atoms with Gasteiger partial charge in [-0.3, -0.25) is 9.59 Å². The van der Waals surface area contributed by atoms with Crippen LogP contribution in [0.2, 0.25) is 5.02 Å². The Morgan fingerprint density at radius 2 is 1.92 bits per heavy atom. The first-order valence-corrected chi connectivity index (χ1v) is 8.13. The molecule has 0 fully saturated rings. The monoisotopic (exact) mass is 378 g/mol. The second-order valence-electron chi connectivity index (χ2n) is 5.65. The normalized spacial score (nSPS) is 10.3. The topological polar surface area (TPSA) is 97.5 Å². The Morgan fingerprint density at radius 1 is 1.23 bits per heavy atom. The molecule has 0 radical (unpaired) electrons. The van der Waals surface area contributed by atoms with Gasteiger partial charge in [0.15, 0.2) is 12.4 Å². The number of rotatable bonds is 6. The molecule has 0 aliphatic rings. The molecule has 0 unspecified atom stereocenters. The van der Waals surface area contributed by atoms with E-state index in [0.717, 1.165) is 0 Å². The largest absolute Gasteiger partial charge is 0.495 e. The number of halogens is 1. The molecular formula is C18H19ClN2O5. The maximum atomic E-state index is 12.2. The van der Waals surface area contributed by atoms with Crippen molar-refractivity contribution in [2.24, 2.45) is 0 Å². The minimum atomic E-state index is -0.716. The third kappa shape index (κ3) is 4.23. The van der Waals surface area contributed by atoms with Crippen molar-refractivity contribution in [3.8, 4) is 5.75 Å². The quantitative estimate of drug-likeness (QED) is 0.593. The van der Waals surface area contributed by atoms with E-state index in [1.807, 2.05) is 0 Å². The fourth-order valence-corrected chi connectivity index (χ4v) is 2.82. The number of benzene rings is 1. The van der Waals surface area contributed by atoms with E-state index in [9.17, 15) is 14.4 Å². The molecule has 26 heavy (non-hydrogen) atoms. The summed E-state index contributed by atoms with van der Waals surface area (Å²) in [6.07, 6.45) is 0. The minimum absolute atomic E-state index is 0.152. The highest BCUT2D eigenvalue weighted by Crippen LogP contribution is 2.27. The van der Waals surface area contributed by atoms with Crippen LogP contribution in [0.3, 0.4) is 0 Å². The molecular weight excluding hydrogens is 360 g/mol. The van der Waals surface area contributed by atoms with Gasteiger partial charge in [-0.25, -0.2) is 4.79 Å². The van der Waals surface area contributed by atoms with Gasteiger partial charge in [-0.2, -0.15) is 0 Å². The molecule has 1 aromatic heterocycles. The summed E-state index contributed by atoms with van der Waals surface area (Å²) < 4.78 is 10.2. The number of carbonyl (C=O) groups excluding carboxylic acids is 3. The number of hydrogen-bond acceptors (Lipinski definition) is 5. The fourth-order valence-electron chi connectivity index (χ4n) is 2.65. The van der Waals surface area contributed by atoms with Crippen molar-refractivity contribution in [2.45, 2.75) is 20.8 Å². The molecule has 138 valence electrons. The molecule has 2 rings (SSSR count). The Bertz CT molecular complexity index is 873. The van der Waals surface area contributed by atoms with E-state index in [0.29, 0.717) is 33.3 Å². The number of ketones is 1. The molecule has 1 aromatic carbocycles. The van der Waals surface area contributed by atoms with Crippen LogP contribution in [0.4, 0.5) is 5.69 Å². The summed E-state index contributed by atoms with van der Waals surface area (Å²) in [6.45, 7) is 4.26. The van der Waals surface area contributed by atoms with Crippen LogP contribution >= 0.6 is 11.6 Å². The molecule has 0 atom stereocenters. The maximum absolute atomic E-state index is 12.2. The second-order valence-corrected chi connectivity index (χ2v) is 6.09. The van der Waals surface area contributed by atoms with Crippen molar-refractivity contribution < 1.29 is 23.9 Å². The molecule has 7 nitrogen and oxygen atoms in total. The zero-order valence-electron chi connectivity index (χ0n) is 14.9. The zero-order chi connectivity index (χ0) is 19.4. The third-order valence-corrected chi connectivity index (χ3v) is 4.00. The minimum Gasteiger partial charge on any atom is -0.495 e. The highest BCUT2D eigenvalue weighted by Gasteiger charge is 2.21. The summed E-state index contributed by atoms with van der Waals surface area (Å²) >= 11 is 5.90. The molecule has 2 aromatic rings. The third-order valence-electron chi connectivity index (χ3n) is 3.76. The lowest BCUT2D eigenvalue weighted by Gasteiger charge is -2.10. The number of esters is 1. The highest BCUT2D eigenvalue weighted by molar-refractivity contribution is 6.31. The first kappa shape index (κ1) is 19.5. The van der Waals surface area contributed by atoms with Crippen LogP contribution in [0.5, 0.6) is 5.75 Å². The number of nitrogens with one attached hydrogen (secondary N) is 2. The van der Waals surface area contributed by atoms with Gasteiger partial charge < -0.3 is 19.8 Å². The van der Waals surface area contributed by atoms with Crippen LogP contribution in [0.1, 0.15) is 39.0 Å². The molecule has 8 heteroatoms. The van der Waals surface area contributed by atoms with E-state index in [1.165, 1.54) is 20.1 Å². The lowest BCUT2D eigenvalue weighted by Crippen LogP contribution is -2.21. The molecule has 0 aliphatic carbocycles.